The predicted octanol–water partition coefficient (Wildman–Crippen LogP) is 2.46. The van der Waals surface area contributed by atoms with Gasteiger partial charge in [0.15, 0.2) is 6.29 Å². The Morgan fingerprint density at radius 1 is 0.812 bits per heavy atom. The Bertz CT molecular complexity index is 452. The zero-order chi connectivity index (χ0) is 11.4. The van der Waals surface area contributed by atoms with E-state index >= 15 is 0 Å². The molecule has 0 unspecified atom stereocenters. The van der Waals surface area contributed by atoms with Crippen LogP contribution in [0.3, 0.4) is 0 Å². The van der Waals surface area contributed by atoms with Gasteiger partial charge in [-0.2, -0.15) is 0 Å². The highest BCUT2D eigenvalue weighted by atomic mass is 16.5. The Labute approximate surface area is 93.6 Å². The highest BCUT2D eigenvalue weighted by Gasteiger charge is 2.03. The third-order valence-electron chi connectivity index (χ3n) is 2.14. The molecule has 0 heterocycles. The molecule has 0 bridgehead atoms. The summed E-state index contributed by atoms with van der Waals surface area (Å²) in [5.41, 5.74) is 0.411. The lowest BCUT2D eigenvalue weighted by molar-refractivity contribution is -0.0425. The van der Waals surface area contributed by atoms with Crippen molar-refractivity contribution in [2.45, 2.75) is 6.29 Å². The standard InChI is InChI=1S/C13H12O3/c14-13(15)10-5-4-8-12(9-10)16-11-6-2-1-3-7-11/h1-9,13-15H. The largest absolute Gasteiger partial charge is 0.457 e. The molecular formula is C13H12O3. The fourth-order valence-electron chi connectivity index (χ4n) is 1.36. The van der Waals surface area contributed by atoms with E-state index in [2.05, 4.69) is 0 Å². The zero-order valence-corrected chi connectivity index (χ0v) is 8.58. The minimum absolute atomic E-state index is 0.411. The summed E-state index contributed by atoms with van der Waals surface area (Å²) in [4.78, 5) is 0. The van der Waals surface area contributed by atoms with Crippen LogP contribution in [0.25, 0.3) is 0 Å². The van der Waals surface area contributed by atoms with Gasteiger partial charge in [0, 0.05) is 5.56 Å². The van der Waals surface area contributed by atoms with Gasteiger partial charge in [-0.1, -0.05) is 30.3 Å². The molecule has 2 aromatic carbocycles. The van der Waals surface area contributed by atoms with Crippen LogP contribution >= 0.6 is 0 Å². The number of aliphatic hydroxyl groups is 2. The maximum absolute atomic E-state index is 9.01. The zero-order valence-electron chi connectivity index (χ0n) is 8.58. The van der Waals surface area contributed by atoms with Gasteiger partial charge in [0.05, 0.1) is 0 Å². The Balaban J connectivity index is 2.19. The molecule has 0 aliphatic rings. The van der Waals surface area contributed by atoms with Crippen LogP contribution in [0.5, 0.6) is 11.5 Å². The molecule has 82 valence electrons. The van der Waals surface area contributed by atoms with E-state index in [4.69, 9.17) is 14.9 Å². The van der Waals surface area contributed by atoms with Crippen LogP contribution in [0, 0.1) is 0 Å². The molecule has 0 atom stereocenters. The van der Waals surface area contributed by atoms with Gasteiger partial charge in [-0.15, -0.1) is 0 Å². The first-order valence-corrected chi connectivity index (χ1v) is 4.95. The Morgan fingerprint density at radius 3 is 2.19 bits per heavy atom. The summed E-state index contributed by atoms with van der Waals surface area (Å²) in [5.74, 6) is 1.30. The molecular weight excluding hydrogens is 204 g/mol. The van der Waals surface area contributed by atoms with Crippen LogP contribution in [0.15, 0.2) is 54.6 Å². The van der Waals surface area contributed by atoms with E-state index in [9.17, 15) is 0 Å². The highest BCUT2D eigenvalue weighted by Crippen LogP contribution is 2.23. The quantitative estimate of drug-likeness (QED) is 0.775. The average Bonchev–Trinajstić information content (AvgIpc) is 2.30. The van der Waals surface area contributed by atoms with Gasteiger partial charge in [0.1, 0.15) is 11.5 Å². The van der Waals surface area contributed by atoms with Crippen molar-refractivity contribution >= 4 is 0 Å². The molecule has 0 amide bonds. The predicted molar refractivity (Wildman–Crippen MR) is 60.1 cm³/mol. The van der Waals surface area contributed by atoms with Crippen LogP contribution in [0.2, 0.25) is 0 Å². The van der Waals surface area contributed by atoms with E-state index in [0.29, 0.717) is 17.1 Å². The van der Waals surface area contributed by atoms with Gasteiger partial charge in [0.25, 0.3) is 0 Å². The molecule has 2 rings (SSSR count). The van der Waals surface area contributed by atoms with Crippen molar-refractivity contribution < 1.29 is 14.9 Å². The monoisotopic (exact) mass is 216 g/mol. The van der Waals surface area contributed by atoms with E-state index in [-0.39, 0.29) is 0 Å². The third-order valence-corrected chi connectivity index (χ3v) is 2.14. The second-order valence-electron chi connectivity index (χ2n) is 3.36. The summed E-state index contributed by atoms with van der Waals surface area (Å²) in [5, 5.41) is 18.0. The van der Waals surface area contributed by atoms with Gasteiger partial charge in [-0.05, 0) is 24.3 Å². The summed E-state index contributed by atoms with van der Waals surface area (Å²) in [6, 6.07) is 16.0. The minimum atomic E-state index is -1.47. The average molecular weight is 216 g/mol. The molecule has 0 aliphatic heterocycles. The Morgan fingerprint density at radius 2 is 1.50 bits per heavy atom. The van der Waals surface area contributed by atoms with Gasteiger partial charge in [0.2, 0.25) is 0 Å². The fourth-order valence-corrected chi connectivity index (χ4v) is 1.36. The van der Waals surface area contributed by atoms with Crippen molar-refractivity contribution in [3.05, 3.63) is 60.2 Å². The van der Waals surface area contributed by atoms with Gasteiger partial charge in [-0.25, -0.2) is 0 Å². The molecule has 2 aromatic rings. The number of aliphatic hydroxyl groups excluding tert-OH is 1. The first kappa shape index (κ1) is 10.7. The molecule has 2 N–H and O–H groups in total. The molecule has 3 nitrogen and oxygen atoms in total. The van der Waals surface area contributed by atoms with E-state index in [0.717, 1.165) is 0 Å². The summed E-state index contributed by atoms with van der Waals surface area (Å²) >= 11 is 0. The maximum atomic E-state index is 9.01. The molecule has 0 saturated carbocycles. The van der Waals surface area contributed by atoms with Gasteiger partial charge >= 0.3 is 0 Å². The normalized spacial score (nSPS) is 10.4. The first-order valence-electron chi connectivity index (χ1n) is 4.95. The van der Waals surface area contributed by atoms with Crippen LogP contribution in [-0.2, 0) is 0 Å². The number of benzene rings is 2. The van der Waals surface area contributed by atoms with Crippen molar-refractivity contribution in [1.82, 2.24) is 0 Å². The molecule has 3 heteroatoms. The van der Waals surface area contributed by atoms with E-state index < -0.39 is 6.29 Å². The van der Waals surface area contributed by atoms with Crippen molar-refractivity contribution in [1.29, 1.82) is 0 Å². The second kappa shape index (κ2) is 4.79. The van der Waals surface area contributed by atoms with E-state index in [1.807, 2.05) is 30.3 Å². The number of hydrogen-bond donors (Lipinski definition) is 2. The number of rotatable bonds is 3. The molecule has 0 spiro atoms. The molecule has 0 saturated heterocycles. The minimum Gasteiger partial charge on any atom is -0.457 e. The van der Waals surface area contributed by atoms with Crippen molar-refractivity contribution in [3.63, 3.8) is 0 Å². The summed E-state index contributed by atoms with van der Waals surface area (Å²) in [6.07, 6.45) is -1.47. The fraction of sp³-hybridized carbons (Fsp3) is 0.0769. The lowest BCUT2D eigenvalue weighted by Crippen LogP contribution is -1.94. The van der Waals surface area contributed by atoms with E-state index in [1.54, 1.807) is 24.3 Å². The number of hydrogen-bond acceptors (Lipinski definition) is 3. The van der Waals surface area contributed by atoms with Crippen molar-refractivity contribution in [2.24, 2.45) is 0 Å². The summed E-state index contributed by atoms with van der Waals surface area (Å²) in [7, 11) is 0. The van der Waals surface area contributed by atoms with Crippen LogP contribution in [-0.4, -0.2) is 10.2 Å². The molecule has 0 fully saturated rings. The third kappa shape index (κ3) is 2.59. The molecule has 0 aromatic heterocycles. The highest BCUT2D eigenvalue weighted by molar-refractivity contribution is 5.34. The summed E-state index contributed by atoms with van der Waals surface area (Å²) < 4.78 is 5.55. The van der Waals surface area contributed by atoms with Crippen LogP contribution < -0.4 is 4.74 Å². The van der Waals surface area contributed by atoms with Gasteiger partial charge < -0.3 is 14.9 Å². The van der Waals surface area contributed by atoms with Crippen LogP contribution in [0.1, 0.15) is 11.9 Å². The number of para-hydroxylation sites is 1. The van der Waals surface area contributed by atoms with Crippen molar-refractivity contribution in [2.75, 3.05) is 0 Å². The van der Waals surface area contributed by atoms with Crippen molar-refractivity contribution in [3.8, 4) is 11.5 Å². The van der Waals surface area contributed by atoms with E-state index in [1.165, 1.54) is 0 Å². The second-order valence-corrected chi connectivity index (χ2v) is 3.36. The maximum Gasteiger partial charge on any atom is 0.178 e. The smallest absolute Gasteiger partial charge is 0.178 e. The summed E-state index contributed by atoms with van der Waals surface area (Å²) in [6.45, 7) is 0. The SMILES string of the molecule is OC(O)c1cccc(Oc2ccccc2)c1. The molecule has 0 aliphatic carbocycles. The molecule has 16 heavy (non-hydrogen) atoms. The van der Waals surface area contributed by atoms with Crippen LogP contribution in [0.4, 0.5) is 0 Å². The molecule has 0 radical (unpaired) electrons. The lowest BCUT2D eigenvalue weighted by atomic mass is 10.2. The lowest BCUT2D eigenvalue weighted by Gasteiger charge is -2.08. The first-order chi connectivity index (χ1) is 7.75. The number of ether oxygens (including phenoxy) is 1. The Hall–Kier alpha value is -1.84. The van der Waals surface area contributed by atoms with Gasteiger partial charge in [-0.3, -0.25) is 0 Å². The topological polar surface area (TPSA) is 49.7 Å². The Kier molecular flexibility index (Phi) is 3.19.